The second-order valence-electron chi connectivity index (χ2n) is 6.59. The highest BCUT2D eigenvalue weighted by atomic mass is 35.5. The normalized spacial score (nSPS) is 24.7. The van der Waals surface area contributed by atoms with Crippen LogP contribution in [0.15, 0.2) is 36.4 Å². The van der Waals surface area contributed by atoms with Crippen LogP contribution >= 0.6 is 11.6 Å². The fourth-order valence-corrected chi connectivity index (χ4v) is 3.90. The van der Waals surface area contributed by atoms with Crippen molar-refractivity contribution in [3.63, 3.8) is 0 Å². The summed E-state index contributed by atoms with van der Waals surface area (Å²) in [5.74, 6) is 0.993. The van der Waals surface area contributed by atoms with E-state index in [9.17, 15) is 0 Å². The summed E-state index contributed by atoms with van der Waals surface area (Å²) in [5.41, 5.74) is 1.93. The Labute approximate surface area is 142 Å². The molecular weight excluding hydrogens is 308 g/mol. The molecule has 2 aromatic rings. The van der Waals surface area contributed by atoms with E-state index in [0.717, 1.165) is 35.2 Å². The third-order valence-corrected chi connectivity index (χ3v) is 5.46. The molecule has 5 heteroatoms. The zero-order chi connectivity index (χ0) is 15.8. The van der Waals surface area contributed by atoms with E-state index in [1.807, 2.05) is 24.3 Å². The summed E-state index contributed by atoms with van der Waals surface area (Å²) in [6.45, 7) is 2.12. The van der Waals surface area contributed by atoms with Crippen LogP contribution in [0.5, 0.6) is 0 Å². The first-order chi connectivity index (χ1) is 11.2. The van der Waals surface area contributed by atoms with Crippen molar-refractivity contribution in [2.75, 3.05) is 25.0 Å². The van der Waals surface area contributed by atoms with Crippen LogP contribution < -0.4 is 4.90 Å². The molecule has 3 heterocycles. The van der Waals surface area contributed by atoms with Gasteiger partial charge in [0.1, 0.15) is 0 Å². The number of piperazine rings is 1. The average Bonchev–Trinajstić information content (AvgIpc) is 2.56. The molecule has 0 N–H and O–H groups in total. The van der Waals surface area contributed by atoms with Gasteiger partial charge in [-0.15, -0.1) is 10.2 Å². The maximum absolute atomic E-state index is 5.94. The molecule has 2 unspecified atom stereocenters. The van der Waals surface area contributed by atoms with E-state index in [4.69, 9.17) is 11.6 Å². The molecule has 1 aromatic heterocycles. The van der Waals surface area contributed by atoms with Gasteiger partial charge in [-0.3, -0.25) is 4.90 Å². The number of anilines is 1. The number of likely N-dealkylation sites (N-methyl/N-ethyl adjacent to an activating group) is 1. The van der Waals surface area contributed by atoms with Gasteiger partial charge in [0.2, 0.25) is 0 Å². The monoisotopic (exact) mass is 328 g/mol. The third-order valence-electron chi connectivity index (χ3n) is 5.20. The highest BCUT2D eigenvalue weighted by molar-refractivity contribution is 6.30. The van der Waals surface area contributed by atoms with Crippen LogP contribution in [-0.2, 0) is 0 Å². The Kier molecular flexibility index (Phi) is 3.95. The summed E-state index contributed by atoms with van der Waals surface area (Å²) in [4.78, 5) is 4.95. The van der Waals surface area contributed by atoms with E-state index < -0.39 is 0 Å². The summed E-state index contributed by atoms with van der Waals surface area (Å²) < 4.78 is 0. The van der Waals surface area contributed by atoms with E-state index in [0.29, 0.717) is 12.1 Å². The van der Waals surface area contributed by atoms with Gasteiger partial charge in [-0.25, -0.2) is 0 Å². The van der Waals surface area contributed by atoms with Gasteiger partial charge in [0.05, 0.1) is 5.69 Å². The SMILES string of the molecule is CN1C2CCCC1CN(c1ccc(-c3ccc(Cl)cc3)nn1)C2. The van der Waals surface area contributed by atoms with Crippen LogP contribution in [0.3, 0.4) is 0 Å². The Morgan fingerprint density at radius 2 is 1.65 bits per heavy atom. The molecule has 4 nitrogen and oxygen atoms in total. The molecule has 120 valence electrons. The van der Waals surface area contributed by atoms with E-state index in [1.54, 1.807) is 0 Å². The second-order valence-corrected chi connectivity index (χ2v) is 7.03. The second kappa shape index (κ2) is 6.10. The highest BCUT2D eigenvalue weighted by Crippen LogP contribution is 2.29. The number of hydrogen-bond donors (Lipinski definition) is 0. The third kappa shape index (κ3) is 2.93. The quantitative estimate of drug-likeness (QED) is 0.845. The number of benzene rings is 1. The van der Waals surface area contributed by atoms with Crippen molar-refractivity contribution < 1.29 is 0 Å². The van der Waals surface area contributed by atoms with Gasteiger partial charge in [0.25, 0.3) is 0 Å². The molecule has 0 spiro atoms. The molecular formula is C18H21ClN4. The molecule has 2 atom stereocenters. The zero-order valence-electron chi connectivity index (χ0n) is 13.3. The molecule has 2 saturated heterocycles. The summed E-state index contributed by atoms with van der Waals surface area (Å²) in [6, 6.07) is 13.2. The van der Waals surface area contributed by atoms with E-state index in [2.05, 4.69) is 39.2 Å². The number of piperidine rings is 1. The molecule has 0 radical (unpaired) electrons. The van der Waals surface area contributed by atoms with Crippen molar-refractivity contribution in [3.8, 4) is 11.3 Å². The van der Waals surface area contributed by atoms with E-state index in [1.165, 1.54) is 19.3 Å². The molecule has 0 saturated carbocycles. The fourth-order valence-electron chi connectivity index (χ4n) is 3.77. The first-order valence-electron chi connectivity index (χ1n) is 8.27. The summed E-state index contributed by atoms with van der Waals surface area (Å²) in [5, 5.41) is 9.63. The molecule has 0 aliphatic carbocycles. The van der Waals surface area contributed by atoms with Crippen molar-refractivity contribution in [2.24, 2.45) is 0 Å². The molecule has 2 aliphatic heterocycles. The Hall–Kier alpha value is -1.65. The van der Waals surface area contributed by atoms with Crippen LogP contribution in [0.4, 0.5) is 5.82 Å². The van der Waals surface area contributed by atoms with Crippen LogP contribution in [-0.4, -0.2) is 47.3 Å². The van der Waals surface area contributed by atoms with Gasteiger partial charge in [-0.05, 0) is 44.2 Å². The molecule has 0 amide bonds. The zero-order valence-corrected chi connectivity index (χ0v) is 14.1. The van der Waals surface area contributed by atoms with Crippen molar-refractivity contribution in [1.29, 1.82) is 0 Å². The number of aromatic nitrogens is 2. The maximum Gasteiger partial charge on any atom is 0.151 e. The van der Waals surface area contributed by atoms with Crippen LogP contribution in [0.2, 0.25) is 5.02 Å². The molecule has 2 aliphatic rings. The Balaban J connectivity index is 1.53. The maximum atomic E-state index is 5.94. The van der Waals surface area contributed by atoms with Gasteiger partial charge in [-0.1, -0.05) is 30.2 Å². The van der Waals surface area contributed by atoms with Crippen molar-refractivity contribution in [2.45, 2.75) is 31.3 Å². The van der Waals surface area contributed by atoms with Crippen LogP contribution in [0.25, 0.3) is 11.3 Å². The van der Waals surface area contributed by atoms with Crippen molar-refractivity contribution >= 4 is 17.4 Å². The Morgan fingerprint density at radius 3 is 2.26 bits per heavy atom. The van der Waals surface area contributed by atoms with Crippen LogP contribution in [0.1, 0.15) is 19.3 Å². The largest absolute Gasteiger partial charge is 0.352 e. The Bertz CT molecular complexity index is 656. The Morgan fingerprint density at radius 1 is 0.957 bits per heavy atom. The standard InChI is InChI=1S/C18H21ClN4/c1-22-15-3-2-4-16(22)12-23(11-15)18-10-9-17(20-21-18)13-5-7-14(19)8-6-13/h5-10,15-16H,2-4,11-12H2,1H3. The summed E-state index contributed by atoms with van der Waals surface area (Å²) >= 11 is 5.94. The topological polar surface area (TPSA) is 32.3 Å². The van der Waals surface area contributed by atoms with Gasteiger partial charge < -0.3 is 4.90 Å². The number of nitrogens with zero attached hydrogens (tertiary/aromatic N) is 4. The number of hydrogen-bond acceptors (Lipinski definition) is 4. The minimum absolute atomic E-state index is 0.653. The first-order valence-corrected chi connectivity index (χ1v) is 8.65. The molecule has 2 fully saturated rings. The lowest BCUT2D eigenvalue weighted by Crippen LogP contribution is -2.59. The van der Waals surface area contributed by atoms with E-state index in [-0.39, 0.29) is 0 Å². The minimum atomic E-state index is 0.653. The lowest BCUT2D eigenvalue weighted by molar-refractivity contribution is 0.0946. The van der Waals surface area contributed by atoms with Crippen LogP contribution in [0, 0.1) is 0 Å². The molecule has 4 rings (SSSR count). The lowest BCUT2D eigenvalue weighted by Gasteiger charge is -2.48. The van der Waals surface area contributed by atoms with Gasteiger partial charge >= 0.3 is 0 Å². The number of rotatable bonds is 2. The predicted molar refractivity (Wildman–Crippen MR) is 93.9 cm³/mol. The van der Waals surface area contributed by atoms with Gasteiger partial charge in [0.15, 0.2) is 5.82 Å². The molecule has 2 bridgehead atoms. The number of fused-ring (bicyclic) bond motifs is 2. The number of halogens is 1. The van der Waals surface area contributed by atoms with E-state index >= 15 is 0 Å². The first kappa shape index (κ1) is 14.9. The summed E-state index contributed by atoms with van der Waals surface area (Å²) in [6.07, 6.45) is 3.94. The smallest absolute Gasteiger partial charge is 0.151 e. The van der Waals surface area contributed by atoms with Gasteiger partial charge in [-0.2, -0.15) is 0 Å². The molecule has 1 aromatic carbocycles. The molecule has 23 heavy (non-hydrogen) atoms. The predicted octanol–water partition coefficient (Wildman–Crippen LogP) is 3.47. The highest BCUT2D eigenvalue weighted by Gasteiger charge is 2.35. The van der Waals surface area contributed by atoms with Crippen molar-refractivity contribution in [1.82, 2.24) is 15.1 Å². The van der Waals surface area contributed by atoms with Gasteiger partial charge in [0, 0.05) is 35.8 Å². The summed E-state index contributed by atoms with van der Waals surface area (Å²) in [7, 11) is 2.27. The fraction of sp³-hybridized carbons (Fsp3) is 0.444. The lowest BCUT2D eigenvalue weighted by atomic mass is 9.92. The minimum Gasteiger partial charge on any atom is -0.352 e. The average molecular weight is 329 g/mol. The van der Waals surface area contributed by atoms with Crippen molar-refractivity contribution in [3.05, 3.63) is 41.4 Å².